The van der Waals surface area contributed by atoms with Crippen LogP contribution in [0.1, 0.15) is 5.76 Å². The van der Waals surface area contributed by atoms with Gasteiger partial charge in [0.2, 0.25) is 11.7 Å². The Bertz CT molecular complexity index is 849. The lowest BCUT2D eigenvalue weighted by atomic mass is 10.1. The summed E-state index contributed by atoms with van der Waals surface area (Å²) in [7, 11) is -1.48. The van der Waals surface area contributed by atoms with E-state index in [-0.39, 0.29) is 0 Å². The molecule has 0 radical (unpaired) electrons. The second-order valence-corrected chi connectivity index (χ2v) is 11.2. The van der Waals surface area contributed by atoms with Crippen LogP contribution in [-0.2, 0) is 0 Å². The van der Waals surface area contributed by atoms with Crippen molar-refractivity contribution in [3.63, 3.8) is 0 Å². The third kappa shape index (κ3) is 3.80. The molecule has 2 aromatic carbocycles. The van der Waals surface area contributed by atoms with Crippen LogP contribution in [0.2, 0.25) is 19.6 Å². The first-order valence-electron chi connectivity index (χ1n) is 7.68. The Morgan fingerprint density at radius 1 is 0.826 bits per heavy atom. The van der Waals surface area contributed by atoms with E-state index in [0.717, 1.165) is 16.8 Å². The molecule has 0 unspecified atom stereocenters. The van der Waals surface area contributed by atoms with E-state index in [1.165, 1.54) is 0 Å². The van der Waals surface area contributed by atoms with Crippen LogP contribution in [0.25, 0.3) is 22.7 Å². The zero-order valence-corrected chi connectivity index (χ0v) is 14.6. The molecule has 3 heteroatoms. The minimum Gasteiger partial charge on any atom is -0.427 e. The summed E-state index contributed by atoms with van der Waals surface area (Å²) in [5.74, 6) is 4.49. The second kappa shape index (κ2) is 6.27. The van der Waals surface area contributed by atoms with Crippen molar-refractivity contribution in [3.05, 3.63) is 66.4 Å². The van der Waals surface area contributed by atoms with E-state index in [1.807, 2.05) is 60.7 Å². The van der Waals surface area contributed by atoms with Crippen molar-refractivity contribution in [2.24, 2.45) is 0 Å². The fraction of sp³-hybridized carbons (Fsp3) is 0.150. The lowest BCUT2D eigenvalue weighted by molar-refractivity contribution is 0.562. The van der Waals surface area contributed by atoms with Crippen LogP contribution in [0.15, 0.2) is 65.1 Å². The molecule has 3 aromatic rings. The molecule has 0 aliphatic rings. The molecule has 0 aliphatic carbocycles. The van der Waals surface area contributed by atoms with Gasteiger partial charge in [-0.25, -0.2) is 4.98 Å². The van der Waals surface area contributed by atoms with Gasteiger partial charge in [0.15, 0.2) is 0 Å². The first kappa shape index (κ1) is 15.3. The van der Waals surface area contributed by atoms with Crippen molar-refractivity contribution in [1.29, 1.82) is 0 Å². The molecular weight excluding hydrogens is 298 g/mol. The molecule has 114 valence electrons. The van der Waals surface area contributed by atoms with Crippen molar-refractivity contribution in [3.8, 4) is 34.2 Å². The van der Waals surface area contributed by atoms with Crippen LogP contribution in [0, 0.1) is 11.5 Å². The standard InChI is InChI=1S/C20H19NOSi/c1-23(2,3)15-14-18-19(16-10-6-4-7-11-16)21-20(22-18)17-12-8-5-9-13-17/h4-13H,1-3H3. The van der Waals surface area contributed by atoms with E-state index in [1.54, 1.807) is 0 Å². The maximum Gasteiger partial charge on any atom is 0.228 e. The number of rotatable bonds is 2. The van der Waals surface area contributed by atoms with Gasteiger partial charge in [-0.05, 0) is 18.1 Å². The van der Waals surface area contributed by atoms with E-state index in [4.69, 9.17) is 9.40 Å². The average molecular weight is 317 g/mol. The first-order valence-corrected chi connectivity index (χ1v) is 11.2. The molecule has 0 N–H and O–H groups in total. The molecule has 0 atom stereocenters. The summed E-state index contributed by atoms with van der Waals surface area (Å²) in [6.45, 7) is 6.66. The van der Waals surface area contributed by atoms with Gasteiger partial charge in [-0.3, -0.25) is 0 Å². The minimum absolute atomic E-state index is 0.615. The molecule has 0 spiro atoms. The third-order valence-corrected chi connectivity index (χ3v) is 4.12. The molecule has 0 saturated carbocycles. The molecule has 0 amide bonds. The maximum atomic E-state index is 5.99. The summed E-state index contributed by atoms with van der Waals surface area (Å²) in [6.07, 6.45) is 0. The molecule has 0 aliphatic heterocycles. The number of hydrogen-bond acceptors (Lipinski definition) is 2. The number of oxazole rings is 1. The lowest BCUT2D eigenvalue weighted by Gasteiger charge is -2.03. The van der Waals surface area contributed by atoms with Gasteiger partial charge < -0.3 is 4.42 Å². The van der Waals surface area contributed by atoms with Crippen molar-refractivity contribution >= 4 is 8.07 Å². The Balaban J connectivity index is 2.12. The fourth-order valence-corrected chi connectivity index (χ4v) is 2.63. The number of benzene rings is 2. The highest BCUT2D eigenvalue weighted by Crippen LogP contribution is 2.28. The summed E-state index contributed by atoms with van der Waals surface area (Å²) >= 11 is 0. The van der Waals surface area contributed by atoms with Crippen LogP contribution >= 0.6 is 0 Å². The quantitative estimate of drug-likeness (QED) is 0.477. The average Bonchev–Trinajstić information content (AvgIpc) is 2.98. The number of aromatic nitrogens is 1. The summed E-state index contributed by atoms with van der Waals surface area (Å²) in [5.41, 5.74) is 6.17. The number of nitrogens with zero attached hydrogens (tertiary/aromatic N) is 1. The summed E-state index contributed by atoms with van der Waals surface area (Å²) in [5, 5.41) is 0. The van der Waals surface area contributed by atoms with E-state index in [0.29, 0.717) is 11.7 Å². The van der Waals surface area contributed by atoms with Gasteiger partial charge in [-0.2, -0.15) is 0 Å². The highest BCUT2D eigenvalue weighted by molar-refractivity contribution is 6.83. The predicted octanol–water partition coefficient (Wildman–Crippen LogP) is 5.24. The van der Waals surface area contributed by atoms with Crippen molar-refractivity contribution in [1.82, 2.24) is 4.98 Å². The van der Waals surface area contributed by atoms with Gasteiger partial charge >= 0.3 is 0 Å². The molecule has 2 nitrogen and oxygen atoms in total. The Morgan fingerprint density at radius 3 is 1.96 bits per heavy atom. The van der Waals surface area contributed by atoms with Gasteiger partial charge in [-0.15, -0.1) is 5.54 Å². The second-order valence-electron chi connectivity index (χ2n) is 6.43. The van der Waals surface area contributed by atoms with E-state index in [2.05, 4.69) is 31.1 Å². The van der Waals surface area contributed by atoms with E-state index < -0.39 is 8.07 Å². The fourth-order valence-electron chi connectivity index (χ4n) is 2.15. The molecular formula is C20H19NOSi. The Labute approximate surface area is 138 Å². The molecule has 0 bridgehead atoms. The maximum absolute atomic E-state index is 5.99. The molecule has 0 fully saturated rings. The third-order valence-electron chi connectivity index (χ3n) is 3.25. The van der Waals surface area contributed by atoms with Crippen LogP contribution in [-0.4, -0.2) is 13.1 Å². The molecule has 1 aromatic heterocycles. The van der Waals surface area contributed by atoms with Crippen LogP contribution < -0.4 is 0 Å². The van der Waals surface area contributed by atoms with Crippen molar-refractivity contribution < 1.29 is 4.42 Å². The number of hydrogen-bond donors (Lipinski definition) is 0. The Kier molecular flexibility index (Phi) is 4.18. The predicted molar refractivity (Wildman–Crippen MR) is 97.6 cm³/mol. The van der Waals surface area contributed by atoms with E-state index >= 15 is 0 Å². The van der Waals surface area contributed by atoms with Crippen LogP contribution in [0.5, 0.6) is 0 Å². The molecule has 1 heterocycles. The SMILES string of the molecule is C[Si](C)(C)C#Cc1oc(-c2ccccc2)nc1-c1ccccc1. The van der Waals surface area contributed by atoms with Gasteiger partial charge in [0.25, 0.3) is 0 Å². The molecule has 23 heavy (non-hydrogen) atoms. The Morgan fingerprint density at radius 2 is 1.39 bits per heavy atom. The Hall–Kier alpha value is -2.57. The van der Waals surface area contributed by atoms with Gasteiger partial charge in [0.05, 0.1) is 0 Å². The van der Waals surface area contributed by atoms with Gasteiger partial charge in [-0.1, -0.05) is 68.2 Å². The largest absolute Gasteiger partial charge is 0.427 e. The van der Waals surface area contributed by atoms with Crippen molar-refractivity contribution in [2.75, 3.05) is 0 Å². The first-order chi connectivity index (χ1) is 11.0. The molecule has 0 saturated heterocycles. The normalized spacial score (nSPS) is 10.9. The topological polar surface area (TPSA) is 26.0 Å². The summed E-state index contributed by atoms with van der Waals surface area (Å²) in [4.78, 5) is 4.70. The van der Waals surface area contributed by atoms with Gasteiger partial charge in [0.1, 0.15) is 13.8 Å². The zero-order chi connectivity index (χ0) is 16.3. The lowest BCUT2D eigenvalue weighted by Crippen LogP contribution is -2.16. The monoisotopic (exact) mass is 317 g/mol. The van der Waals surface area contributed by atoms with Crippen molar-refractivity contribution in [2.45, 2.75) is 19.6 Å². The summed E-state index contributed by atoms with van der Waals surface area (Å²) in [6, 6.07) is 20.0. The van der Waals surface area contributed by atoms with Gasteiger partial charge in [0, 0.05) is 11.1 Å². The smallest absolute Gasteiger partial charge is 0.228 e. The minimum atomic E-state index is -1.48. The van der Waals surface area contributed by atoms with Crippen LogP contribution in [0.4, 0.5) is 0 Å². The zero-order valence-electron chi connectivity index (χ0n) is 13.6. The highest BCUT2D eigenvalue weighted by atomic mass is 28.3. The summed E-state index contributed by atoms with van der Waals surface area (Å²) < 4.78 is 5.99. The van der Waals surface area contributed by atoms with Crippen LogP contribution in [0.3, 0.4) is 0 Å². The molecule has 3 rings (SSSR count). The van der Waals surface area contributed by atoms with E-state index in [9.17, 15) is 0 Å². The highest BCUT2D eigenvalue weighted by Gasteiger charge is 2.15.